The number of amides is 1. The summed E-state index contributed by atoms with van der Waals surface area (Å²) in [7, 11) is 0. The van der Waals surface area contributed by atoms with Crippen molar-refractivity contribution in [3.63, 3.8) is 0 Å². The van der Waals surface area contributed by atoms with Crippen molar-refractivity contribution in [1.82, 2.24) is 0 Å². The molecule has 1 saturated carbocycles. The van der Waals surface area contributed by atoms with Crippen LogP contribution in [0.2, 0.25) is 0 Å². The van der Waals surface area contributed by atoms with Gasteiger partial charge in [0.25, 0.3) is 0 Å². The summed E-state index contributed by atoms with van der Waals surface area (Å²) in [6, 6.07) is 0. The number of carbonyl (C=O) groups is 2. The largest absolute Gasteiger partial charge is 0.478 e. The average molecular weight is 323 g/mol. The Kier molecular flexibility index (Phi) is 4.78. The van der Waals surface area contributed by atoms with Crippen molar-refractivity contribution in [2.45, 2.75) is 51.6 Å². The summed E-state index contributed by atoms with van der Waals surface area (Å²) in [5, 5.41) is 12.8. The second-order valence-electron chi connectivity index (χ2n) is 6.07. The van der Waals surface area contributed by atoms with Gasteiger partial charge in [-0.25, -0.2) is 4.79 Å². The molecule has 0 bridgehead atoms. The highest BCUT2D eigenvalue weighted by atomic mass is 32.1. The van der Waals surface area contributed by atoms with Gasteiger partial charge in [-0.3, -0.25) is 4.79 Å². The SMILES string of the molecule is O=C(CC1CCCCC1)Nc1sc2c(c1C(=O)O)CCOC2. The number of aromatic carboxylic acids is 1. The van der Waals surface area contributed by atoms with Crippen LogP contribution in [0.1, 0.15) is 59.3 Å². The molecule has 0 unspecified atom stereocenters. The summed E-state index contributed by atoms with van der Waals surface area (Å²) in [6.45, 7) is 0.984. The van der Waals surface area contributed by atoms with E-state index < -0.39 is 5.97 Å². The number of carboxylic acid groups (broad SMARTS) is 1. The monoisotopic (exact) mass is 323 g/mol. The van der Waals surface area contributed by atoms with E-state index in [-0.39, 0.29) is 11.5 Å². The molecule has 120 valence electrons. The minimum atomic E-state index is -0.965. The van der Waals surface area contributed by atoms with E-state index in [0.29, 0.717) is 37.0 Å². The molecule has 1 aromatic heterocycles. The number of carbonyl (C=O) groups excluding carboxylic acids is 1. The zero-order valence-electron chi connectivity index (χ0n) is 12.5. The van der Waals surface area contributed by atoms with Gasteiger partial charge in [-0.2, -0.15) is 0 Å². The van der Waals surface area contributed by atoms with E-state index in [9.17, 15) is 14.7 Å². The molecule has 2 aliphatic rings. The van der Waals surface area contributed by atoms with Crippen molar-refractivity contribution >= 4 is 28.2 Å². The Morgan fingerprint density at radius 3 is 2.77 bits per heavy atom. The standard InChI is InChI=1S/C16H21NO4S/c18-13(8-10-4-2-1-3-5-10)17-15-14(16(19)20)11-6-7-21-9-12(11)22-15/h10H,1-9H2,(H,17,18)(H,19,20). The third-order valence-corrected chi connectivity index (χ3v) is 5.61. The first-order chi connectivity index (χ1) is 10.6. The number of nitrogens with one attached hydrogen (secondary N) is 1. The molecule has 5 nitrogen and oxygen atoms in total. The number of fused-ring (bicyclic) bond motifs is 1. The third-order valence-electron chi connectivity index (χ3n) is 4.49. The maximum atomic E-state index is 12.2. The highest BCUT2D eigenvalue weighted by Crippen LogP contribution is 2.37. The lowest BCUT2D eigenvalue weighted by atomic mass is 9.87. The molecule has 0 spiro atoms. The fraction of sp³-hybridized carbons (Fsp3) is 0.625. The molecular weight excluding hydrogens is 302 g/mol. The van der Waals surface area contributed by atoms with Crippen LogP contribution in [0.25, 0.3) is 0 Å². The summed E-state index contributed by atoms with van der Waals surface area (Å²) < 4.78 is 5.38. The third kappa shape index (κ3) is 3.33. The number of hydrogen-bond donors (Lipinski definition) is 2. The van der Waals surface area contributed by atoms with Gasteiger partial charge < -0.3 is 15.2 Å². The van der Waals surface area contributed by atoms with Gasteiger partial charge in [-0.15, -0.1) is 11.3 Å². The van der Waals surface area contributed by atoms with E-state index in [1.165, 1.54) is 30.6 Å². The van der Waals surface area contributed by atoms with Gasteiger partial charge >= 0.3 is 5.97 Å². The Morgan fingerprint density at radius 1 is 1.27 bits per heavy atom. The Morgan fingerprint density at radius 2 is 2.05 bits per heavy atom. The van der Waals surface area contributed by atoms with Gasteiger partial charge in [0, 0.05) is 11.3 Å². The number of ether oxygens (including phenoxy) is 1. The Balaban J connectivity index is 1.72. The first-order valence-corrected chi connectivity index (χ1v) is 8.72. The fourth-order valence-electron chi connectivity index (χ4n) is 3.38. The molecule has 1 amide bonds. The molecule has 3 rings (SSSR count). The first-order valence-electron chi connectivity index (χ1n) is 7.90. The van der Waals surface area contributed by atoms with Crippen LogP contribution in [0.5, 0.6) is 0 Å². The van der Waals surface area contributed by atoms with E-state index in [0.717, 1.165) is 23.3 Å². The van der Waals surface area contributed by atoms with Gasteiger partial charge in [-0.05, 0) is 30.7 Å². The minimum Gasteiger partial charge on any atom is -0.478 e. The van der Waals surface area contributed by atoms with Crippen LogP contribution in [-0.4, -0.2) is 23.6 Å². The quantitative estimate of drug-likeness (QED) is 0.890. The van der Waals surface area contributed by atoms with Crippen molar-refractivity contribution in [3.8, 4) is 0 Å². The molecule has 0 radical (unpaired) electrons. The van der Waals surface area contributed by atoms with Crippen molar-refractivity contribution in [2.75, 3.05) is 11.9 Å². The molecule has 0 atom stereocenters. The molecule has 0 aromatic carbocycles. The van der Waals surface area contributed by atoms with Gasteiger partial charge in [0.15, 0.2) is 0 Å². The highest BCUT2D eigenvalue weighted by molar-refractivity contribution is 7.17. The smallest absolute Gasteiger partial charge is 0.339 e. The lowest BCUT2D eigenvalue weighted by Crippen LogP contribution is -2.19. The summed E-state index contributed by atoms with van der Waals surface area (Å²) in [5.74, 6) is -0.582. The Labute approximate surface area is 133 Å². The highest BCUT2D eigenvalue weighted by Gasteiger charge is 2.27. The van der Waals surface area contributed by atoms with Crippen LogP contribution in [0.3, 0.4) is 0 Å². The van der Waals surface area contributed by atoms with Gasteiger partial charge in [0.05, 0.1) is 18.8 Å². The van der Waals surface area contributed by atoms with Crippen LogP contribution in [0, 0.1) is 5.92 Å². The minimum absolute atomic E-state index is 0.0612. The first kappa shape index (κ1) is 15.5. The molecule has 1 aliphatic heterocycles. The van der Waals surface area contributed by atoms with Crippen molar-refractivity contribution < 1.29 is 19.4 Å². The fourth-order valence-corrected chi connectivity index (χ4v) is 4.57. The second kappa shape index (κ2) is 6.79. The zero-order chi connectivity index (χ0) is 15.5. The molecule has 1 fully saturated rings. The maximum Gasteiger partial charge on any atom is 0.339 e. The number of anilines is 1. The molecule has 1 aliphatic carbocycles. The van der Waals surface area contributed by atoms with Crippen molar-refractivity contribution in [1.29, 1.82) is 0 Å². The van der Waals surface area contributed by atoms with Crippen LogP contribution >= 0.6 is 11.3 Å². The number of hydrogen-bond acceptors (Lipinski definition) is 4. The van der Waals surface area contributed by atoms with E-state index in [4.69, 9.17) is 4.74 Å². The second-order valence-corrected chi connectivity index (χ2v) is 7.18. The summed E-state index contributed by atoms with van der Waals surface area (Å²) in [4.78, 5) is 24.7. The topological polar surface area (TPSA) is 75.6 Å². The average Bonchev–Trinajstić information content (AvgIpc) is 2.85. The lowest BCUT2D eigenvalue weighted by Gasteiger charge is -2.20. The van der Waals surface area contributed by atoms with Gasteiger partial charge in [-0.1, -0.05) is 19.3 Å². The number of carboxylic acids is 1. The van der Waals surface area contributed by atoms with E-state index in [2.05, 4.69) is 5.32 Å². The lowest BCUT2D eigenvalue weighted by molar-refractivity contribution is -0.117. The predicted molar refractivity (Wildman–Crippen MR) is 84.5 cm³/mol. The molecular formula is C16H21NO4S. The number of thiophene rings is 1. The van der Waals surface area contributed by atoms with Crippen LogP contribution < -0.4 is 5.32 Å². The molecule has 6 heteroatoms. The van der Waals surface area contributed by atoms with Crippen LogP contribution in [0.4, 0.5) is 5.00 Å². The van der Waals surface area contributed by atoms with Crippen LogP contribution in [0.15, 0.2) is 0 Å². The molecule has 1 aromatic rings. The van der Waals surface area contributed by atoms with Gasteiger partial charge in [0.1, 0.15) is 5.00 Å². The van der Waals surface area contributed by atoms with Gasteiger partial charge in [0.2, 0.25) is 5.91 Å². The summed E-state index contributed by atoms with van der Waals surface area (Å²) in [5.41, 5.74) is 1.09. The normalized spacial score (nSPS) is 18.7. The summed E-state index contributed by atoms with van der Waals surface area (Å²) in [6.07, 6.45) is 6.97. The summed E-state index contributed by atoms with van der Waals surface area (Å²) >= 11 is 1.34. The van der Waals surface area contributed by atoms with E-state index in [1.54, 1.807) is 0 Å². The van der Waals surface area contributed by atoms with E-state index >= 15 is 0 Å². The molecule has 22 heavy (non-hydrogen) atoms. The predicted octanol–water partition coefficient (Wildman–Crippen LogP) is 3.43. The Hall–Kier alpha value is -1.40. The van der Waals surface area contributed by atoms with Crippen LogP contribution in [-0.2, 0) is 22.6 Å². The zero-order valence-corrected chi connectivity index (χ0v) is 13.3. The molecule has 0 saturated heterocycles. The van der Waals surface area contributed by atoms with Crippen molar-refractivity contribution in [2.24, 2.45) is 5.92 Å². The Bertz CT molecular complexity index is 575. The molecule has 2 N–H and O–H groups in total. The van der Waals surface area contributed by atoms with Crippen molar-refractivity contribution in [3.05, 3.63) is 16.0 Å². The molecule has 2 heterocycles. The van der Waals surface area contributed by atoms with E-state index in [1.807, 2.05) is 0 Å². The maximum absolute atomic E-state index is 12.2. The number of rotatable bonds is 4.